The van der Waals surface area contributed by atoms with E-state index >= 15 is 0 Å². The van der Waals surface area contributed by atoms with E-state index in [9.17, 15) is 4.79 Å². The first-order valence-corrected chi connectivity index (χ1v) is 8.12. The van der Waals surface area contributed by atoms with Gasteiger partial charge in [0.2, 0.25) is 0 Å². The first kappa shape index (κ1) is 16.1. The average molecular weight is 322 g/mol. The smallest absolute Gasteiger partial charge is 0.319 e. The lowest BCUT2D eigenvalue weighted by atomic mass is 10.0. The highest BCUT2D eigenvalue weighted by molar-refractivity contribution is 5.89. The summed E-state index contributed by atoms with van der Waals surface area (Å²) in [6, 6.07) is 15.2. The Balaban J connectivity index is 1.77. The monoisotopic (exact) mass is 322 g/mol. The summed E-state index contributed by atoms with van der Waals surface area (Å²) in [4.78, 5) is 20.3. The highest BCUT2D eigenvalue weighted by Gasteiger charge is 2.21. The molecule has 2 aromatic carbocycles. The molecular weight excluding hydrogens is 300 g/mol. The number of anilines is 1. The minimum atomic E-state index is -0.236. The number of hydrogen-bond acceptors (Lipinski definition) is 2. The van der Waals surface area contributed by atoms with Gasteiger partial charge in [0.25, 0.3) is 0 Å². The van der Waals surface area contributed by atoms with Gasteiger partial charge < -0.3 is 15.6 Å². The summed E-state index contributed by atoms with van der Waals surface area (Å²) in [6.07, 6.45) is 0. The Bertz CT molecular complexity index is 820. The molecule has 24 heavy (non-hydrogen) atoms. The highest BCUT2D eigenvalue weighted by Crippen LogP contribution is 2.22. The van der Waals surface area contributed by atoms with Crippen LogP contribution in [0.2, 0.25) is 0 Å². The van der Waals surface area contributed by atoms with Crippen molar-refractivity contribution in [3.05, 3.63) is 59.9 Å². The molecule has 0 bridgehead atoms. The molecule has 1 aromatic heterocycles. The van der Waals surface area contributed by atoms with Gasteiger partial charge in [-0.3, -0.25) is 0 Å². The maximum Gasteiger partial charge on any atom is 0.319 e. The van der Waals surface area contributed by atoms with Crippen molar-refractivity contribution in [2.75, 3.05) is 5.32 Å². The lowest BCUT2D eigenvalue weighted by Crippen LogP contribution is -2.35. The molecule has 1 atom stereocenters. The van der Waals surface area contributed by atoms with Gasteiger partial charge in [0.1, 0.15) is 5.82 Å². The fourth-order valence-corrected chi connectivity index (χ4v) is 2.70. The number of hydrogen-bond donors (Lipinski definition) is 3. The fraction of sp³-hybridized carbons (Fsp3) is 0.263. The van der Waals surface area contributed by atoms with Gasteiger partial charge in [-0.15, -0.1) is 0 Å². The quantitative estimate of drug-likeness (QED) is 0.666. The SMILES string of the molecule is Cc1cccc(NC(=O)NC(c2nc3ccccc3[nH]2)C(C)C)c1. The second-order valence-electron chi connectivity index (χ2n) is 6.33. The average Bonchev–Trinajstić information content (AvgIpc) is 2.96. The van der Waals surface area contributed by atoms with Gasteiger partial charge in [-0.2, -0.15) is 0 Å². The number of nitrogens with one attached hydrogen (secondary N) is 3. The van der Waals surface area contributed by atoms with Crippen LogP contribution in [0.5, 0.6) is 0 Å². The lowest BCUT2D eigenvalue weighted by Gasteiger charge is -2.20. The van der Waals surface area contributed by atoms with Crippen molar-refractivity contribution < 1.29 is 4.79 Å². The molecule has 0 fully saturated rings. The molecule has 124 valence electrons. The number of carbonyl (C=O) groups is 1. The molecular formula is C19H22N4O. The summed E-state index contributed by atoms with van der Waals surface area (Å²) >= 11 is 0. The van der Waals surface area contributed by atoms with Crippen LogP contribution >= 0.6 is 0 Å². The number of carbonyl (C=O) groups excluding carboxylic acids is 1. The number of nitrogens with zero attached hydrogens (tertiary/aromatic N) is 1. The number of urea groups is 1. The highest BCUT2D eigenvalue weighted by atomic mass is 16.2. The topological polar surface area (TPSA) is 69.8 Å². The Labute approximate surface area is 141 Å². The predicted molar refractivity (Wildman–Crippen MR) is 97.0 cm³/mol. The van der Waals surface area contributed by atoms with Crippen LogP contribution in [0.25, 0.3) is 11.0 Å². The summed E-state index contributed by atoms with van der Waals surface area (Å²) in [5.74, 6) is 0.972. The summed E-state index contributed by atoms with van der Waals surface area (Å²) in [6.45, 7) is 6.12. The zero-order chi connectivity index (χ0) is 17.1. The number of benzene rings is 2. The summed E-state index contributed by atoms with van der Waals surface area (Å²) in [5.41, 5.74) is 3.75. The molecule has 2 amide bonds. The van der Waals surface area contributed by atoms with E-state index in [1.54, 1.807) is 0 Å². The molecule has 0 saturated carbocycles. The molecule has 3 aromatic rings. The molecule has 1 unspecified atom stereocenters. The Kier molecular flexibility index (Phi) is 4.51. The van der Waals surface area contributed by atoms with E-state index in [1.165, 1.54) is 0 Å². The van der Waals surface area contributed by atoms with Crippen LogP contribution in [0, 0.1) is 12.8 Å². The van der Waals surface area contributed by atoms with E-state index in [0.29, 0.717) is 0 Å². The zero-order valence-electron chi connectivity index (χ0n) is 14.1. The third-order valence-electron chi connectivity index (χ3n) is 3.93. The Morgan fingerprint density at radius 2 is 1.92 bits per heavy atom. The molecule has 0 saturated heterocycles. The number of amides is 2. The summed E-state index contributed by atoms with van der Waals surface area (Å²) in [5, 5.41) is 5.90. The molecule has 5 nitrogen and oxygen atoms in total. The second-order valence-corrected chi connectivity index (χ2v) is 6.33. The van der Waals surface area contributed by atoms with Gasteiger partial charge in [-0.25, -0.2) is 9.78 Å². The van der Waals surface area contributed by atoms with Gasteiger partial charge in [-0.1, -0.05) is 38.1 Å². The van der Waals surface area contributed by atoms with Gasteiger partial charge >= 0.3 is 6.03 Å². The van der Waals surface area contributed by atoms with E-state index in [1.807, 2.05) is 55.5 Å². The largest absolute Gasteiger partial charge is 0.340 e. The van der Waals surface area contributed by atoms with E-state index in [0.717, 1.165) is 28.1 Å². The molecule has 1 heterocycles. The molecule has 0 aliphatic heterocycles. The Morgan fingerprint density at radius 3 is 2.62 bits per heavy atom. The van der Waals surface area contributed by atoms with Crippen LogP contribution in [0.15, 0.2) is 48.5 Å². The lowest BCUT2D eigenvalue weighted by molar-refractivity contribution is 0.244. The van der Waals surface area contributed by atoms with Crippen molar-refractivity contribution >= 4 is 22.8 Å². The molecule has 0 radical (unpaired) electrons. The predicted octanol–water partition coefficient (Wildman–Crippen LogP) is 4.39. The minimum Gasteiger partial charge on any atom is -0.340 e. The first-order valence-electron chi connectivity index (χ1n) is 8.12. The van der Waals surface area contributed by atoms with Crippen LogP contribution < -0.4 is 10.6 Å². The van der Waals surface area contributed by atoms with E-state index in [2.05, 4.69) is 34.4 Å². The van der Waals surface area contributed by atoms with Crippen LogP contribution in [-0.4, -0.2) is 16.0 Å². The van der Waals surface area contributed by atoms with Crippen LogP contribution in [0.3, 0.4) is 0 Å². The van der Waals surface area contributed by atoms with Crippen LogP contribution in [0.4, 0.5) is 10.5 Å². The van der Waals surface area contributed by atoms with Gasteiger partial charge in [0.15, 0.2) is 0 Å². The first-order chi connectivity index (χ1) is 11.5. The number of fused-ring (bicyclic) bond motifs is 1. The number of imidazole rings is 1. The molecule has 0 spiro atoms. The molecule has 0 aliphatic rings. The number of rotatable bonds is 4. The molecule has 0 aliphatic carbocycles. The van der Waals surface area contributed by atoms with E-state index in [4.69, 9.17) is 0 Å². The third kappa shape index (κ3) is 3.56. The van der Waals surface area contributed by atoms with Crippen LogP contribution in [-0.2, 0) is 0 Å². The Hall–Kier alpha value is -2.82. The molecule has 3 rings (SSSR count). The van der Waals surface area contributed by atoms with Crippen LogP contribution in [0.1, 0.15) is 31.3 Å². The Morgan fingerprint density at radius 1 is 1.12 bits per heavy atom. The number of aryl methyl sites for hydroxylation is 1. The van der Waals surface area contributed by atoms with Crippen molar-refractivity contribution in [2.45, 2.75) is 26.8 Å². The van der Waals surface area contributed by atoms with E-state index < -0.39 is 0 Å². The van der Waals surface area contributed by atoms with Crippen molar-refractivity contribution in [3.8, 4) is 0 Å². The molecule has 3 N–H and O–H groups in total. The van der Waals surface area contributed by atoms with E-state index in [-0.39, 0.29) is 18.0 Å². The van der Waals surface area contributed by atoms with Crippen molar-refractivity contribution in [3.63, 3.8) is 0 Å². The minimum absolute atomic E-state index is 0.192. The number of aromatic nitrogens is 2. The number of para-hydroxylation sites is 2. The van der Waals surface area contributed by atoms with Gasteiger partial charge in [-0.05, 0) is 42.7 Å². The van der Waals surface area contributed by atoms with Gasteiger partial charge in [0, 0.05) is 5.69 Å². The van der Waals surface area contributed by atoms with Crippen molar-refractivity contribution in [2.24, 2.45) is 5.92 Å². The van der Waals surface area contributed by atoms with Crippen molar-refractivity contribution in [1.82, 2.24) is 15.3 Å². The maximum atomic E-state index is 12.4. The zero-order valence-corrected chi connectivity index (χ0v) is 14.1. The van der Waals surface area contributed by atoms with Crippen molar-refractivity contribution in [1.29, 1.82) is 0 Å². The standard InChI is InChI=1S/C19H22N4O/c1-12(2)17(18-21-15-9-4-5-10-16(15)22-18)23-19(24)20-14-8-6-7-13(3)11-14/h4-12,17H,1-3H3,(H,21,22)(H2,20,23,24). The van der Waals surface area contributed by atoms with Gasteiger partial charge in [0.05, 0.1) is 17.1 Å². The fourth-order valence-electron chi connectivity index (χ4n) is 2.70. The number of aromatic amines is 1. The summed E-state index contributed by atoms with van der Waals surface area (Å²) in [7, 11) is 0. The second kappa shape index (κ2) is 6.74. The molecule has 5 heteroatoms. The number of H-pyrrole nitrogens is 1. The maximum absolute atomic E-state index is 12.4. The normalized spacial score (nSPS) is 12.3. The summed E-state index contributed by atoms with van der Waals surface area (Å²) < 4.78 is 0. The third-order valence-corrected chi connectivity index (χ3v) is 3.93.